The molecule has 3 aromatic rings. The Morgan fingerprint density at radius 2 is 1.92 bits per heavy atom. The number of nitrogens with zero attached hydrogens (tertiary/aromatic N) is 5. The maximum absolute atomic E-state index is 13.6. The SMILES string of the molecule is CC.Cc1nnc2nc(NC(C)c3cc(N)cc(C(F)(F)F)c3)c3c(n12)CN(C(=O)C1(CN)CC(CO)C1)C3. The van der Waals surface area contributed by atoms with E-state index in [-0.39, 0.29) is 43.8 Å². The second-order valence-electron chi connectivity index (χ2n) is 10.1. The van der Waals surface area contributed by atoms with Gasteiger partial charge in [-0.05, 0) is 56.4 Å². The molecule has 0 bridgehead atoms. The predicted octanol–water partition coefficient (Wildman–Crippen LogP) is 3.42. The first kappa shape index (κ1) is 28.6. The minimum absolute atomic E-state index is 0.00531. The lowest BCUT2D eigenvalue weighted by molar-refractivity contribution is -0.152. The second-order valence-corrected chi connectivity index (χ2v) is 10.1. The first-order valence-electron chi connectivity index (χ1n) is 13.0. The summed E-state index contributed by atoms with van der Waals surface area (Å²) in [5.74, 6) is 1.32. The van der Waals surface area contributed by atoms with Crippen molar-refractivity contribution in [3.63, 3.8) is 0 Å². The topological polar surface area (TPSA) is 148 Å². The molecule has 3 heterocycles. The molecule has 1 fully saturated rings. The van der Waals surface area contributed by atoms with Crippen molar-refractivity contribution >= 4 is 23.2 Å². The van der Waals surface area contributed by atoms with Crippen molar-refractivity contribution in [3.8, 4) is 0 Å². The summed E-state index contributed by atoms with van der Waals surface area (Å²) in [4.78, 5) is 19.9. The molecule has 1 aromatic carbocycles. The summed E-state index contributed by atoms with van der Waals surface area (Å²) >= 11 is 0. The number of carbonyl (C=O) groups excluding carboxylic acids is 1. The number of aliphatic hydroxyl groups excluding tert-OH is 1. The molecule has 212 valence electrons. The third-order valence-corrected chi connectivity index (χ3v) is 7.52. The van der Waals surface area contributed by atoms with Crippen molar-refractivity contribution in [2.24, 2.45) is 17.1 Å². The molecule has 6 N–H and O–H groups in total. The Bertz CT molecular complexity index is 1370. The van der Waals surface area contributed by atoms with Crippen molar-refractivity contribution in [1.82, 2.24) is 24.5 Å². The number of anilines is 2. The molecule has 0 saturated heterocycles. The number of aryl methyl sites for hydroxylation is 1. The Morgan fingerprint density at radius 3 is 2.54 bits per heavy atom. The molecule has 2 aromatic heterocycles. The fourth-order valence-corrected chi connectivity index (χ4v) is 5.52. The van der Waals surface area contributed by atoms with Crippen molar-refractivity contribution in [2.45, 2.75) is 65.8 Å². The molecular weight excluding hydrogens is 513 g/mol. The number of alkyl halides is 3. The van der Waals surface area contributed by atoms with Gasteiger partial charge in [0.05, 0.1) is 35.8 Å². The number of amides is 1. The summed E-state index contributed by atoms with van der Waals surface area (Å²) in [6.45, 7) is 8.25. The number of hydrogen-bond donors (Lipinski definition) is 4. The van der Waals surface area contributed by atoms with Crippen LogP contribution < -0.4 is 16.8 Å². The second kappa shape index (κ2) is 10.6. The largest absolute Gasteiger partial charge is 0.416 e. The number of nitrogen functional groups attached to an aromatic ring is 1. The van der Waals surface area contributed by atoms with Gasteiger partial charge in [0.2, 0.25) is 5.91 Å². The van der Waals surface area contributed by atoms with Crippen LogP contribution in [-0.4, -0.2) is 48.6 Å². The molecule has 1 saturated carbocycles. The van der Waals surface area contributed by atoms with Gasteiger partial charge < -0.3 is 26.8 Å². The predicted molar refractivity (Wildman–Crippen MR) is 140 cm³/mol. The highest BCUT2D eigenvalue weighted by molar-refractivity contribution is 5.85. The fourth-order valence-electron chi connectivity index (χ4n) is 5.52. The number of halogens is 3. The summed E-state index contributed by atoms with van der Waals surface area (Å²) in [5, 5.41) is 20.9. The van der Waals surface area contributed by atoms with Crippen molar-refractivity contribution in [3.05, 3.63) is 46.4 Å². The highest BCUT2D eigenvalue weighted by Crippen LogP contribution is 2.47. The van der Waals surface area contributed by atoms with Gasteiger partial charge in [0.1, 0.15) is 11.6 Å². The molecular formula is C26H35F3N8O2. The molecule has 1 atom stereocenters. The summed E-state index contributed by atoms with van der Waals surface area (Å²) in [6.07, 6.45) is -3.47. The number of rotatable bonds is 6. The minimum atomic E-state index is -4.53. The summed E-state index contributed by atoms with van der Waals surface area (Å²) in [7, 11) is 0. The summed E-state index contributed by atoms with van der Waals surface area (Å²) in [6, 6.07) is 2.87. The number of fused-ring (bicyclic) bond motifs is 3. The van der Waals surface area contributed by atoms with E-state index in [0.717, 1.165) is 23.4 Å². The summed E-state index contributed by atoms with van der Waals surface area (Å²) < 4.78 is 41.8. The van der Waals surface area contributed by atoms with E-state index in [1.165, 1.54) is 6.07 Å². The van der Waals surface area contributed by atoms with Gasteiger partial charge in [-0.2, -0.15) is 18.2 Å². The van der Waals surface area contributed by atoms with Gasteiger partial charge in [0.15, 0.2) is 0 Å². The highest BCUT2D eigenvalue weighted by atomic mass is 19.4. The average molecular weight is 549 g/mol. The maximum Gasteiger partial charge on any atom is 0.416 e. The van der Waals surface area contributed by atoms with Gasteiger partial charge in [0, 0.05) is 24.4 Å². The standard InChI is InChI=1S/C24H29F3N8O2.C2H6/c1-12(15-3-16(24(25,26)27)5-17(29)4-15)30-20-18-8-34(21(37)23(11-28)6-14(7-23)10-36)9-19(18)35-13(2)32-33-22(35)31-20;1-2/h3-5,12,14,36H,6-11,28-29H2,1-2H3,(H,30,31,33);1-2H3. The Balaban J connectivity index is 0.00000172. The van der Waals surface area contributed by atoms with Crippen LogP contribution in [0.1, 0.15) is 67.9 Å². The number of carbonyl (C=O) groups is 1. The number of nitrogens with two attached hydrogens (primary N) is 2. The quantitative estimate of drug-likeness (QED) is 0.343. The molecule has 2 aliphatic rings. The zero-order valence-corrected chi connectivity index (χ0v) is 22.5. The zero-order chi connectivity index (χ0) is 28.7. The number of benzene rings is 1. The van der Waals surface area contributed by atoms with E-state index in [0.29, 0.717) is 35.8 Å². The van der Waals surface area contributed by atoms with Gasteiger partial charge in [0.25, 0.3) is 5.78 Å². The van der Waals surface area contributed by atoms with Crippen molar-refractivity contribution in [1.29, 1.82) is 0 Å². The van der Waals surface area contributed by atoms with Crippen LogP contribution in [0.3, 0.4) is 0 Å². The normalized spacial score (nSPS) is 21.2. The first-order valence-corrected chi connectivity index (χ1v) is 13.0. The fraction of sp³-hybridized carbons (Fsp3) is 0.538. The molecule has 10 nitrogen and oxygen atoms in total. The van der Waals surface area contributed by atoms with E-state index in [4.69, 9.17) is 11.5 Å². The van der Waals surface area contributed by atoms with E-state index in [1.54, 1.807) is 23.1 Å². The molecule has 1 amide bonds. The maximum atomic E-state index is 13.6. The zero-order valence-electron chi connectivity index (χ0n) is 22.5. The van der Waals surface area contributed by atoms with Crippen LogP contribution in [0.25, 0.3) is 5.78 Å². The van der Waals surface area contributed by atoms with Crippen LogP contribution in [0.4, 0.5) is 24.7 Å². The van der Waals surface area contributed by atoms with Crippen LogP contribution in [-0.2, 0) is 24.1 Å². The smallest absolute Gasteiger partial charge is 0.399 e. The van der Waals surface area contributed by atoms with Gasteiger partial charge in [-0.3, -0.25) is 9.20 Å². The number of hydrogen-bond acceptors (Lipinski definition) is 8. The van der Waals surface area contributed by atoms with E-state index in [2.05, 4.69) is 20.5 Å². The van der Waals surface area contributed by atoms with Crippen LogP contribution in [0, 0.1) is 18.3 Å². The molecule has 39 heavy (non-hydrogen) atoms. The lowest BCUT2D eigenvalue weighted by Gasteiger charge is -2.46. The van der Waals surface area contributed by atoms with Crippen molar-refractivity contribution < 1.29 is 23.1 Å². The Morgan fingerprint density at radius 1 is 1.23 bits per heavy atom. The first-order chi connectivity index (χ1) is 18.5. The Kier molecular flexibility index (Phi) is 7.77. The molecule has 5 rings (SSSR count). The van der Waals surface area contributed by atoms with Crippen LogP contribution in [0.2, 0.25) is 0 Å². The molecule has 1 aliphatic carbocycles. The minimum Gasteiger partial charge on any atom is -0.399 e. The molecule has 0 radical (unpaired) electrons. The summed E-state index contributed by atoms with van der Waals surface area (Å²) in [5.41, 5.74) is 12.1. The van der Waals surface area contributed by atoms with Gasteiger partial charge in [-0.25, -0.2) is 0 Å². The Labute approximate surface area is 224 Å². The van der Waals surface area contributed by atoms with Gasteiger partial charge >= 0.3 is 6.18 Å². The lowest BCUT2D eigenvalue weighted by atomic mass is 9.61. The monoisotopic (exact) mass is 548 g/mol. The van der Waals surface area contributed by atoms with Crippen LogP contribution in [0.15, 0.2) is 18.2 Å². The molecule has 1 aliphatic heterocycles. The third-order valence-electron chi connectivity index (χ3n) is 7.52. The van der Waals surface area contributed by atoms with Crippen LogP contribution >= 0.6 is 0 Å². The highest BCUT2D eigenvalue weighted by Gasteiger charge is 2.51. The molecule has 1 unspecified atom stereocenters. The van der Waals surface area contributed by atoms with E-state index < -0.39 is 23.2 Å². The third kappa shape index (κ3) is 5.12. The molecule has 13 heteroatoms. The average Bonchev–Trinajstić information content (AvgIpc) is 3.48. The van der Waals surface area contributed by atoms with E-state index >= 15 is 0 Å². The lowest BCUT2D eigenvalue weighted by Crippen LogP contribution is -2.54. The number of aliphatic hydroxyl groups is 1. The van der Waals surface area contributed by atoms with E-state index in [9.17, 15) is 23.1 Å². The van der Waals surface area contributed by atoms with Gasteiger partial charge in [-0.15, -0.1) is 10.2 Å². The van der Waals surface area contributed by atoms with Gasteiger partial charge in [-0.1, -0.05) is 13.8 Å². The number of aromatic nitrogens is 4. The van der Waals surface area contributed by atoms with Crippen molar-refractivity contribution in [2.75, 3.05) is 24.2 Å². The number of nitrogens with one attached hydrogen (secondary N) is 1. The van der Waals surface area contributed by atoms with E-state index in [1.807, 2.05) is 13.8 Å². The molecule has 0 spiro atoms. The van der Waals surface area contributed by atoms with Crippen LogP contribution in [0.5, 0.6) is 0 Å². The Hall–Kier alpha value is -3.45.